The van der Waals surface area contributed by atoms with Crippen molar-refractivity contribution in [3.05, 3.63) is 36.4 Å². The molecule has 144 valence electrons. The summed E-state index contributed by atoms with van der Waals surface area (Å²) in [7, 11) is -3.72. The minimum absolute atomic E-state index is 0.142. The standard InChI is InChI=1S/C21H26N2O3S/c1-15(21(24)22-17-11-5-3-2-4-6-12-17)23-18-13-7-9-16-10-8-14-19(20(16)18)27(23,25)26/h7-10,13-15,17H,2-6,11-12H2,1H3,(H,22,24)/t15-/m1/s1. The maximum absolute atomic E-state index is 13.1. The van der Waals surface area contributed by atoms with Crippen molar-refractivity contribution in [3.8, 4) is 0 Å². The number of nitrogens with zero attached hydrogens (tertiary/aromatic N) is 1. The third-order valence-electron chi connectivity index (χ3n) is 5.80. The van der Waals surface area contributed by atoms with Crippen LogP contribution in [0.2, 0.25) is 0 Å². The van der Waals surface area contributed by atoms with Gasteiger partial charge in [0, 0.05) is 11.4 Å². The first kappa shape index (κ1) is 18.3. The molecular formula is C21H26N2O3S. The highest BCUT2D eigenvalue weighted by atomic mass is 32.2. The number of carbonyl (C=O) groups excluding carboxylic acids is 1. The third-order valence-corrected chi connectivity index (χ3v) is 7.73. The molecule has 5 nitrogen and oxygen atoms in total. The predicted octanol–water partition coefficient (Wildman–Crippen LogP) is 3.97. The summed E-state index contributed by atoms with van der Waals surface area (Å²) in [6, 6.07) is 10.2. The molecule has 1 aliphatic heterocycles. The number of amides is 1. The van der Waals surface area contributed by atoms with Crippen molar-refractivity contribution in [1.82, 2.24) is 5.32 Å². The summed E-state index contributed by atoms with van der Waals surface area (Å²) in [4.78, 5) is 13.2. The molecule has 0 bridgehead atoms. The van der Waals surface area contributed by atoms with Crippen molar-refractivity contribution in [1.29, 1.82) is 0 Å². The Kier molecular flexibility index (Phi) is 4.84. The summed E-state index contributed by atoms with van der Waals surface area (Å²) in [6.07, 6.45) is 7.87. The summed E-state index contributed by atoms with van der Waals surface area (Å²) in [5.74, 6) is -0.214. The van der Waals surface area contributed by atoms with Gasteiger partial charge in [0.15, 0.2) is 0 Å². The molecule has 27 heavy (non-hydrogen) atoms. The zero-order chi connectivity index (χ0) is 19.0. The molecule has 1 N–H and O–H groups in total. The summed E-state index contributed by atoms with van der Waals surface area (Å²) in [5, 5.41) is 4.71. The largest absolute Gasteiger partial charge is 0.352 e. The molecule has 1 saturated carbocycles. The molecule has 2 aromatic rings. The second kappa shape index (κ2) is 7.15. The summed E-state index contributed by atoms with van der Waals surface area (Å²) in [6.45, 7) is 1.68. The van der Waals surface area contributed by atoms with Gasteiger partial charge in [-0.1, -0.05) is 56.4 Å². The van der Waals surface area contributed by atoms with Crippen molar-refractivity contribution < 1.29 is 13.2 Å². The maximum atomic E-state index is 13.1. The van der Waals surface area contributed by atoms with Gasteiger partial charge in [-0.05, 0) is 37.3 Å². The highest BCUT2D eigenvalue weighted by molar-refractivity contribution is 7.93. The number of sulfonamides is 1. The number of anilines is 1. The summed E-state index contributed by atoms with van der Waals surface area (Å²) < 4.78 is 27.6. The van der Waals surface area contributed by atoms with E-state index in [-0.39, 0.29) is 11.9 Å². The van der Waals surface area contributed by atoms with Crippen molar-refractivity contribution in [2.75, 3.05) is 4.31 Å². The highest BCUT2D eigenvalue weighted by Crippen LogP contribution is 2.43. The van der Waals surface area contributed by atoms with E-state index in [0.717, 1.165) is 31.1 Å². The SMILES string of the molecule is C[C@H](C(=O)NC1CCCCCCC1)N1c2cccc3cccc(c23)S1(=O)=O. The van der Waals surface area contributed by atoms with Crippen molar-refractivity contribution in [2.45, 2.75) is 68.8 Å². The molecule has 6 heteroatoms. The summed E-state index contributed by atoms with van der Waals surface area (Å²) >= 11 is 0. The van der Waals surface area contributed by atoms with Crippen LogP contribution >= 0.6 is 0 Å². The van der Waals surface area contributed by atoms with Gasteiger partial charge in [0.05, 0.1) is 10.6 Å². The fourth-order valence-corrected chi connectivity index (χ4v) is 6.23. The maximum Gasteiger partial charge on any atom is 0.265 e. The van der Waals surface area contributed by atoms with Crippen molar-refractivity contribution >= 4 is 32.4 Å². The topological polar surface area (TPSA) is 66.5 Å². The van der Waals surface area contributed by atoms with Crippen LogP contribution < -0.4 is 9.62 Å². The van der Waals surface area contributed by atoms with Gasteiger partial charge < -0.3 is 5.32 Å². The molecule has 4 rings (SSSR count). The van der Waals surface area contributed by atoms with Gasteiger partial charge in [-0.2, -0.15) is 0 Å². The Morgan fingerprint density at radius 2 is 1.67 bits per heavy atom. The lowest BCUT2D eigenvalue weighted by Gasteiger charge is -2.28. The average Bonchev–Trinajstić information content (AvgIpc) is 2.86. The van der Waals surface area contributed by atoms with Gasteiger partial charge in [-0.3, -0.25) is 9.10 Å². The van der Waals surface area contributed by atoms with Crippen LogP contribution in [0.15, 0.2) is 41.3 Å². The highest BCUT2D eigenvalue weighted by Gasteiger charge is 2.41. The molecule has 1 amide bonds. The molecule has 0 aromatic heterocycles. The van der Waals surface area contributed by atoms with E-state index in [1.165, 1.54) is 23.6 Å². The van der Waals surface area contributed by atoms with Crippen LogP contribution in [0, 0.1) is 0 Å². The fraction of sp³-hybridized carbons (Fsp3) is 0.476. The van der Waals surface area contributed by atoms with E-state index in [2.05, 4.69) is 5.32 Å². The number of benzene rings is 2. The molecule has 1 heterocycles. The van der Waals surface area contributed by atoms with E-state index in [1.54, 1.807) is 25.1 Å². The molecule has 2 aromatic carbocycles. The van der Waals surface area contributed by atoms with Gasteiger partial charge in [-0.25, -0.2) is 8.42 Å². The van der Waals surface area contributed by atoms with Gasteiger partial charge in [-0.15, -0.1) is 0 Å². The number of nitrogens with one attached hydrogen (secondary N) is 1. The number of rotatable bonds is 3. The first-order valence-electron chi connectivity index (χ1n) is 9.87. The van der Waals surface area contributed by atoms with Crippen LogP contribution in [0.1, 0.15) is 51.9 Å². The summed E-state index contributed by atoms with van der Waals surface area (Å²) in [5.41, 5.74) is 0.600. The minimum atomic E-state index is -3.72. The van der Waals surface area contributed by atoms with E-state index in [4.69, 9.17) is 0 Å². The molecule has 2 aliphatic rings. The van der Waals surface area contributed by atoms with Crippen molar-refractivity contribution in [2.24, 2.45) is 0 Å². The second-order valence-electron chi connectivity index (χ2n) is 7.66. The van der Waals surface area contributed by atoms with E-state index < -0.39 is 16.1 Å². The zero-order valence-corrected chi connectivity index (χ0v) is 16.5. The lowest BCUT2D eigenvalue weighted by molar-refractivity contribution is -0.122. The van der Waals surface area contributed by atoms with E-state index in [1.807, 2.05) is 18.2 Å². The molecule has 1 atom stereocenters. The van der Waals surface area contributed by atoms with Gasteiger partial charge in [0.2, 0.25) is 5.91 Å². The molecule has 0 radical (unpaired) electrons. The van der Waals surface area contributed by atoms with Crippen LogP contribution in [0.25, 0.3) is 10.8 Å². The lowest BCUT2D eigenvalue weighted by atomic mass is 9.96. The Bertz CT molecular complexity index is 957. The van der Waals surface area contributed by atoms with Crippen LogP contribution in [0.5, 0.6) is 0 Å². The Balaban J connectivity index is 1.61. The van der Waals surface area contributed by atoms with Crippen LogP contribution in [0.4, 0.5) is 5.69 Å². The monoisotopic (exact) mass is 386 g/mol. The third kappa shape index (κ3) is 3.20. The van der Waals surface area contributed by atoms with Crippen LogP contribution in [-0.2, 0) is 14.8 Å². The first-order valence-corrected chi connectivity index (χ1v) is 11.3. The number of hydrogen-bond donors (Lipinski definition) is 1. The molecular weight excluding hydrogens is 360 g/mol. The molecule has 0 spiro atoms. The Hall–Kier alpha value is -2.08. The van der Waals surface area contributed by atoms with E-state index in [9.17, 15) is 13.2 Å². The van der Waals surface area contributed by atoms with Gasteiger partial charge >= 0.3 is 0 Å². The zero-order valence-electron chi connectivity index (χ0n) is 15.6. The predicted molar refractivity (Wildman–Crippen MR) is 107 cm³/mol. The minimum Gasteiger partial charge on any atom is -0.352 e. The average molecular weight is 387 g/mol. The Morgan fingerprint density at radius 1 is 1.04 bits per heavy atom. The van der Waals surface area contributed by atoms with E-state index >= 15 is 0 Å². The van der Waals surface area contributed by atoms with Crippen LogP contribution in [0.3, 0.4) is 0 Å². The van der Waals surface area contributed by atoms with Crippen molar-refractivity contribution in [3.63, 3.8) is 0 Å². The fourth-order valence-electron chi connectivity index (χ4n) is 4.37. The molecule has 0 saturated heterocycles. The second-order valence-corrected chi connectivity index (χ2v) is 9.44. The van der Waals surface area contributed by atoms with Crippen LogP contribution in [-0.4, -0.2) is 26.4 Å². The number of hydrogen-bond acceptors (Lipinski definition) is 3. The molecule has 1 aliphatic carbocycles. The smallest absolute Gasteiger partial charge is 0.265 e. The lowest BCUT2D eigenvalue weighted by Crippen LogP contribution is -2.49. The first-order chi connectivity index (χ1) is 13.0. The van der Waals surface area contributed by atoms with E-state index in [0.29, 0.717) is 16.0 Å². The molecule has 0 unspecified atom stereocenters. The quantitative estimate of drug-likeness (QED) is 0.868. The van der Waals surface area contributed by atoms with Gasteiger partial charge in [0.1, 0.15) is 6.04 Å². The van der Waals surface area contributed by atoms with Gasteiger partial charge in [0.25, 0.3) is 10.0 Å². The Labute approximate surface area is 160 Å². The normalized spacial score (nSPS) is 20.9. The number of carbonyl (C=O) groups is 1. The molecule has 1 fully saturated rings. The Morgan fingerprint density at radius 3 is 2.37 bits per heavy atom.